The summed E-state index contributed by atoms with van der Waals surface area (Å²) in [5.41, 5.74) is 1.03. The van der Waals surface area contributed by atoms with Gasteiger partial charge in [-0.3, -0.25) is 0 Å². The number of carboxylic acid groups (broad SMARTS) is 1. The summed E-state index contributed by atoms with van der Waals surface area (Å²) in [5.74, 6) is -0.724. The quantitative estimate of drug-likeness (QED) is 0.827. The number of benzene rings is 1. The van der Waals surface area contributed by atoms with E-state index in [9.17, 15) is 9.90 Å². The lowest BCUT2D eigenvalue weighted by molar-refractivity contribution is -0.138. The van der Waals surface area contributed by atoms with E-state index in [1.807, 2.05) is 37.3 Å². The lowest BCUT2D eigenvalue weighted by Crippen LogP contribution is -2.42. The van der Waals surface area contributed by atoms with Crippen molar-refractivity contribution >= 4 is 11.7 Å². The zero-order chi connectivity index (χ0) is 11.5. The lowest BCUT2D eigenvalue weighted by atomic mass is 10.1. The van der Waals surface area contributed by atoms with E-state index in [0.717, 1.165) is 18.5 Å². The molecule has 86 valence electrons. The van der Waals surface area contributed by atoms with Crippen molar-refractivity contribution in [2.75, 3.05) is 4.90 Å². The van der Waals surface area contributed by atoms with Crippen LogP contribution in [0.5, 0.6) is 0 Å². The van der Waals surface area contributed by atoms with Gasteiger partial charge in [-0.05, 0) is 31.4 Å². The van der Waals surface area contributed by atoms with Crippen molar-refractivity contribution in [2.45, 2.75) is 38.3 Å². The molecular weight excluding hydrogens is 202 g/mol. The number of rotatable bonds is 5. The average molecular weight is 219 g/mol. The number of anilines is 1. The summed E-state index contributed by atoms with van der Waals surface area (Å²) in [6.07, 6.45) is 2.86. The highest BCUT2D eigenvalue weighted by atomic mass is 16.4. The second-order valence-electron chi connectivity index (χ2n) is 4.24. The van der Waals surface area contributed by atoms with Crippen molar-refractivity contribution in [3.8, 4) is 0 Å². The summed E-state index contributed by atoms with van der Waals surface area (Å²) < 4.78 is 0. The molecule has 16 heavy (non-hydrogen) atoms. The highest BCUT2D eigenvalue weighted by Gasteiger charge is 2.36. The first-order valence-electron chi connectivity index (χ1n) is 5.80. The molecule has 0 aromatic heterocycles. The molecule has 3 nitrogen and oxygen atoms in total. The van der Waals surface area contributed by atoms with E-state index in [-0.39, 0.29) is 0 Å². The predicted octanol–water partition coefficient (Wildman–Crippen LogP) is 2.52. The van der Waals surface area contributed by atoms with Gasteiger partial charge in [-0.25, -0.2) is 4.79 Å². The van der Waals surface area contributed by atoms with Gasteiger partial charge in [0.1, 0.15) is 6.04 Å². The molecule has 0 amide bonds. The van der Waals surface area contributed by atoms with Crippen LogP contribution in [0.4, 0.5) is 5.69 Å². The Kier molecular flexibility index (Phi) is 3.13. The van der Waals surface area contributed by atoms with E-state index in [2.05, 4.69) is 4.90 Å². The topological polar surface area (TPSA) is 40.5 Å². The molecule has 0 aliphatic heterocycles. The number of hydrogen-bond donors (Lipinski definition) is 1. The minimum atomic E-state index is -0.724. The SMILES string of the molecule is CCC(C(=O)O)N(c1ccccc1)C1CC1. The van der Waals surface area contributed by atoms with Gasteiger partial charge in [0.2, 0.25) is 0 Å². The summed E-state index contributed by atoms with van der Waals surface area (Å²) >= 11 is 0. The maximum Gasteiger partial charge on any atom is 0.326 e. The molecule has 0 radical (unpaired) electrons. The van der Waals surface area contributed by atoms with Gasteiger partial charge in [0, 0.05) is 11.7 Å². The van der Waals surface area contributed by atoms with Gasteiger partial charge in [-0.1, -0.05) is 25.1 Å². The van der Waals surface area contributed by atoms with Gasteiger partial charge in [0.25, 0.3) is 0 Å². The van der Waals surface area contributed by atoms with Crippen molar-refractivity contribution < 1.29 is 9.90 Å². The van der Waals surface area contributed by atoms with Gasteiger partial charge < -0.3 is 10.0 Å². The van der Waals surface area contributed by atoms with E-state index in [1.54, 1.807) is 0 Å². The van der Waals surface area contributed by atoms with Crippen LogP contribution in [0.1, 0.15) is 26.2 Å². The number of carboxylic acids is 1. The maximum absolute atomic E-state index is 11.2. The number of nitrogens with zero attached hydrogens (tertiary/aromatic N) is 1. The highest BCUT2D eigenvalue weighted by molar-refractivity contribution is 5.78. The predicted molar refractivity (Wildman–Crippen MR) is 63.7 cm³/mol. The van der Waals surface area contributed by atoms with Crippen LogP contribution in [-0.2, 0) is 4.79 Å². The molecule has 1 aromatic rings. The molecule has 0 bridgehead atoms. The number of hydrogen-bond acceptors (Lipinski definition) is 2. The Labute approximate surface area is 95.7 Å². The molecular formula is C13H17NO2. The molecule has 3 heteroatoms. The van der Waals surface area contributed by atoms with Crippen LogP contribution in [0.3, 0.4) is 0 Å². The van der Waals surface area contributed by atoms with E-state index < -0.39 is 12.0 Å². The number of para-hydroxylation sites is 1. The highest BCUT2D eigenvalue weighted by Crippen LogP contribution is 2.34. The summed E-state index contributed by atoms with van der Waals surface area (Å²) in [5, 5.41) is 9.24. The Morgan fingerprint density at radius 3 is 2.50 bits per heavy atom. The van der Waals surface area contributed by atoms with E-state index in [4.69, 9.17) is 0 Å². The lowest BCUT2D eigenvalue weighted by Gasteiger charge is -2.30. The number of carbonyl (C=O) groups is 1. The van der Waals surface area contributed by atoms with Crippen LogP contribution < -0.4 is 4.90 Å². The fourth-order valence-electron chi connectivity index (χ4n) is 2.09. The van der Waals surface area contributed by atoms with E-state index in [1.165, 1.54) is 0 Å². The summed E-state index contributed by atoms with van der Waals surface area (Å²) in [6.45, 7) is 1.93. The average Bonchev–Trinajstić information content (AvgIpc) is 3.10. The Hall–Kier alpha value is -1.51. The molecule has 1 aliphatic rings. The molecule has 0 saturated heterocycles. The third-order valence-electron chi connectivity index (χ3n) is 3.00. The largest absolute Gasteiger partial charge is 0.480 e. The molecule has 1 N–H and O–H groups in total. The van der Waals surface area contributed by atoms with Gasteiger partial charge >= 0.3 is 5.97 Å². The third-order valence-corrected chi connectivity index (χ3v) is 3.00. The van der Waals surface area contributed by atoms with Gasteiger partial charge in [0.05, 0.1) is 0 Å². The Bertz CT molecular complexity index is 359. The van der Waals surface area contributed by atoms with Crippen molar-refractivity contribution in [3.05, 3.63) is 30.3 Å². The van der Waals surface area contributed by atoms with Gasteiger partial charge in [0.15, 0.2) is 0 Å². The first-order chi connectivity index (χ1) is 7.74. The Morgan fingerprint density at radius 1 is 1.44 bits per heavy atom. The normalized spacial score (nSPS) is 16.8. The molecule has 0 heterocycles. The van der Waals surface area contributed by atoms with Crippen LogP contribution in [0, 0.1) is 0 Å². The van der Waals surface area contributed by atoms with E-state index in [0.29, 0.717) is 12.5 Å². The van der Waals surface area contributed by atoms with Crippen LogP contribution >= 0.6 is 0 Å². The first kappa shape index (κ1) is 11.0. The Balaban J connectivity index is 2.26. The minimum Gasteiger partial charge on any atom is -0.480 e. The monoisotopic (exact) mass is 219 g/mol. The fourth-order valence-corrected chi connectivity index (χ4v) is 2.09. The molecule has 1 aliphatic carbocycles. The molecule has 1 unspecified atom stereocenters. The van der Waals surface area contributed by atoms with Crippen LogP contribution in [0.2, 0.25) is 0 Å². The summed E-state index contributed by atoms with van der Waals surface area (Å²) in [7, 11) is 0. The molecule has 2 rings (SSSR count). The number of aliphatic carboxylic acids is 1. The second kappa shape index (κ2) is 4.56. The van der Waals surface area contributed by atoms with Crippen molar-refractivity contribution in [1.82, 2.24) is 0 Å². The third kappa shape index (κ3) is 2.18. The summed E-state index contributed by atoms with van der Waals surface area (Å²) in [6, 6.07) is 9.88. The maximum atomic E-state index is 11.2. The molecule has 1 aromatic carbocycles. The fraction of sp³-hybridized carbons (Fsp3) is 0.462. The molecule has 1 fully saturated rings. The first-order valence-corrected chi connectivity index (χ1v) is 5.80. The van der Waals surface area contributed by atoms with Gasteiger partial charge in [-0.15, -0.1) is 0 Å². The minimum absolute atomic E-state index is 0.394. The standard InChI is InChI=1S/C13H17NO2/c1-2-12(13(15)16)14(11-8-9-11)10-6-4-3-5-7-10/h3-7,11-12H,2,8-9H2,1H3,(H,15,16). The second-order valence-corrected chi connectivity index (χ2v) is 4.24. The van der Waals surface area contributed by atoms with Crippen LogP contribution in [-0.4, -0.2) is 23.2 Å². The molecule has 1 atom stereocenters. The van der Waals surface area contributed by atoms with Crippen molar-refractivity contribution in [1.29, 1.82) is 0 Å². The Morgan fingerprint density at radius 2 is 2.06 bits per heavy atom. The summed E-state index contributed by atoms with van der Waals surface area (Å²) in [4.78, 5) is 13.3. The zero-order valence-corrected chi connectivity index (χ0v) is 9.47. The van der Waals surface area contributed by atoms with Crippen LogP contribution in [0.25, 0.3) is 0 Å². The smallest absolute Gasteiger partial charge is 0.326 e. The van der Waals surface area contributed by atoms with Crippen molar-refractivity contribution in [2.24, 2.45) is 0 Å². The van der Waals surface area contributed by atoms with Crippen molar-refractivity contribution in [3.63, 3.8) is 0 Å². The van der Waals surface area contributed by atoms with Gasteiger partial charge in [-0.2, -0.15) is 0 Å². The zero-order valence-electron chi connectivity index (χ0n) is 9.47. The van der Waals surface area contributed by atoms with E-state index >= 15 is 0 Å². The molecule has 0 spiro atoms. The van der Waals surface area contributed by atoms with Crippen LogP contribution in [0.15, 0.2) is 30.3 Å². The molecule has 1 saturated carbocycles.